The van der Waals surface area contributed by atoms with Crippen LogP contribution in [0.3, 0.4) is 0 Å². The maximum Gasteiger partial charge on any atom is 0.0638 e. The third-order valence-electron chi connectivity index (χ3n) is 4.14. The highest BCUT2D eigenvalue weighted by Gasteiger charge is 2.25. The summed E-state index contributed by atoms with van der Waals surface area (Å²) in [5.74, 6) is 0. The largest absolute Gasteiger partial charge is 0.378 e. The fourth-order valence-corrected chi connectivity index (χ4v) is 2.76. The van der Waals surface area contributed by atoms with E-state index in [1.54, 1.807) is 0 Å². The summed E-state index contributed by atoms with van der Waals surface area (Å²) in [4.78, 5) is 0. The van der Waals surface area contributed by atoms with Gasteiger partial charge in [0.05, 0.1) is 13.2 Å². The minimum Gasteiger partial charge on any atom is -0.378 e. The van der Waals surface area contributed by atoms with E-state index in [-0.39, 0.29) is 12.1 Å². The van der Waals surface area contributed by atoms with Gasteiger partial charge < -0.3 is 15.8 Å². The molecule has 1 saturated heterocycles. The molecule has 0 aromatic heterocycles. The molecule has 3 N–H and O–H groups in total. The lowest BCUT2D eigenvalue weighted by Gasteiger charge is -2.31. The molecule has 1 aliphatic heterocycles. The van der Waals surface area contributed by atoms with Crippen molar-refractivity contribution in [2.24, 2.45) is 5.73 Å². The Balaban J connectivity index is 2.37. The van der Waals surface area contributed by atoms with Crippen LogP contribution in [-0.4, -0.2) is 25.8 Å². The number of ether oxygens (including phenoxy) is 1. The van der Waals surface area contributed by atoms with Gasteiger partial charge in [0.2, 0.25) is 0 Å². The Hall–Kier alpha value is -0.900. The fourth-order valence-electron chi connectivity index (χ4n) is 2.76. The molecule has 0 amide bonds. The number of benzene rings is 1. The van der Waals surface area contributed by atoms with Gasteiger partial charge in [-0.1, -0.05) is 6.07 Å². The van der Waals surface area contributed by atoms with Crippen LogP contribution in [0.5, 0.6) is 0 Å². The number of rotatable bonds is 2. The molecule has 1 aromatic rings. The van der Waals surface area contributed by atoms with Crippen LogP contribution in [0, 0.1) is 27.7 Å². The molecule has 100 valence electrons. The van der Waals surface area contributed by atoms with Crippen LogP contribution in [0.4, 0.5) is 0 Å². The molecule has 2 atom stereocenters. The summed E-state index contributed by atoms with van der Waals surface area (Å²) in [5, 5.41) is 3.46. The molecule has 0 spiro atoms. The Labute approximate surface area is 110 Å². The molecule has 18 heavy (non-hydrogen) atoms. The summed E-state index contributed by atoms with van der Waals surface area (Å²) in [6, 6.07) is 2.47. The van der Waals surface area contributed by atoms with Crippen molar-refractivity contribution in [3.63, 3.8) is 0 Å². The number of nitrogens with two attached hydrogens (primary N) is 1. The molecular formula is C15H24N2O. The summed E-state index contributed by atoms with van der Waals surface area (Å²) in [6.45, 7) is 11.0. The predicted octanol–water partition coefficient (Wildman–Crippen LogP) is 1.91. The van der Waals surface area contributed by atoms with E-state index in [0.717, 1.165) is 13.2 Å². The van der Waals surface area contributed by atoms with Crippen molar-refractivity contribution in [2.75, 3.05) is 19.8 Å². The molecule has 0 aliphatic carbocycles. The van der Waals surface area contributed by atoms with Crippen molar-refractivity contribution >= 4 is 0 Å². The van der Waals surface area contributed by atoms with Gasteiger partial charge in [-0.25, -0.2) is 0 Å². The molecular weight excluding hydrogens is 224 g/mol. The average molecular weight is 248 g/mol. The second-order valence-electron chi connectivity index (χ2n) is 5.34. The highest BCUT2D eigenvalue weighted by atomic mass is 16.5. The van der Waals surface area contributed by atoms with E-state index in [1.807, 2.05) is 0 Å². The minimum absolute atomic E-state index is 0.00361. The lowest BCUT2D eigenvalue weighted by Crippen LogP contribution is -2.48. The third-order valence-corrected chi connectivity index (χ3v) is 4.14. The lowest BCUT2D eigenvalue weighted by atomic mass is 9.87. The molecule has 0 saturated carbocycles. The van der Waals surface area contributed by atoms with Crippen LogP contribution in [0.25, 0.3) is 0 Å². The van der Waals surface area contributed by atoms with Crippen molar-refractivity contribution in [2.45, 2.75) is 39.8 Å². The zero-order valence-electron chi connectivity index (χ0n) is 11.8. The van der Waals surface area contributed by atoms with Crippen molar-refractivity contribution in [1.82, 2.24) is 5.32 Å². The number of hydrogen-bond acceptors (Lipinski definition) is 3. The second kappa shape index (κ2) is 5.39. The van der Waals surface area contributed by atoms with Gasteiger partial charge in [0, 0.05) is 18.6 Å². The highest BCUT2D eigenvalue weighted by Crippen LogP contribution is 2.28. The zero-order chi connectivity index (χ0) is 13.3. The number of aryl methyl sites for hydroxylation is 2. The van der Waals surface area contributed by atoms with E-state index in [0.29, 0.717) is 6.61 Å². The van der Waals surface area contributed by atoms with Gasteiger partial charge in [-0.2, -0.15) is 0 Å². The van der Waals surface area contributed by atoms with Crippen LogP contribution in [-0.2, 0) is 4.74 Å². The molecule has 1 fully saturated rings. The van der Waals surface area contributed by atoms with Crippen molar-refractivity contribution < 1.29 is 4.74 Å². The van der Waals surface area contributed by atoms with Crippen LogP contribution in [0.1, 0.15) is 33.9 Å². The average Bonchev–Trinajstić information content (AvgIpc) is 2.37. The maximum atomic E-state index is 6.47. The molecule has 0 radical (unpaired) electrons. The van der Waals surface area contributed by atoms with Gasteiger partial charge in [-0.3, -0.25) is 0 Å². The summed E-state index contributed by atoms with van der Waals surface area (Å²) in [5.41, 5.74) is 13.0. The summed E-state index contributed by atoms with van der Waals surface area (Å²) in [7, 11) is 0. The normalized spacial score (nSPS) is 21.9. The Kier molecular flexibility index (Phi) is 4.05. The Bertz CT molecular complexity index is 410. The molecule has 0 bridgehead atoms. The smallest absolute Gasteiger partial charge is 0.0638 e. The number of nitrogens with one attached hydrogen (secondary N) is 1. The summed E-state index contributed by atoms with van der Waals surface area (Å²) in [6.07, 6.45) is 0. The van der Waals surface area contributed by atoms with Gasteiger partial charge >= 0.3 is 0 Å². The second-order valence-corrected chi connectivity index (χ2v) is 5.34. The Morgan fingerprint density at radius 1 is 1.22 bits per heavy atom. The zero-order valence-corrected chi connectivity index (χ0v) is 11.8. The van der Waals surface area contributed by atoms with E-state index in [1.165, 1.54) is 27.8 Å². The third kappa shape index (κ3) is 2.44. The SMILES string of the molecule is Cc1cc(C)c(C)c(C(N)C2COCCN2)c1C. The van der Waals surface area contributed by atoms with Gasteiger partial charge in [0.1, 0.15) is 0 Å². The van der Waals surface area contributed by atoms with Crippen molar-refractivity contribution in [3.8, 4) is 0 Å². The van der Waals surface area contributed by atoms with E-state index in [9.17, 15) is 0 Å². The van der Waals surface area contributed by atoms with Crippen molar-refractivity contribution in [3.05, 3.63) is 33.9 Å². The topological polar surface area (TPSA) is 47.3 Å². The maximum absolute atomic E-state index is 6.47. The van der Waals surface area contributed by atoms with E-state index in [2.05, 4.69) is 39.1 Å². The number of hydrogen-bond donors (Lipinski definition) is 2. The molecule has 1 heterocycles. The van der Waals surface area contributed by atoms with Gasteiger partial charge in [0.15, 0.2) is 0 Å². The first-order chi connectivity index (χ1) is 8.52. The standard InChI is InChI=1S/C15H24N2O/c1-9-7-10(2)12(4)14(11(9)3)15(16)13-8-18-6-5-17-13/h7,13,15,17H,5-6,8,16H2,1-4H3. The highest BCUT2D eigenvalue weighted by molar-refractivity contribution is 5.46. The predicted molar refractivity (Wildman–Crippen MR) is 74.9 cm³/mol. The fraction of sp³-hybridized carbons (Fsp3) is 0.600. The Morgan fingerprint density at radius 3 is 2.33 bits per heavy atom. The lowest BCUT2D eigenvalue weighted by molar-refractivity contribution is 0.0683. The number of morpholine rings is 1. The van der Waals surface area contributed by atoms with Gasteiger partial charge in [-0.15, -0.1) is 0 Å². The molecule has 2 rings (SSSR count). The monoisotopic (exact) mass is 248 g/mol. The first-order valence-electron chi connectivity index (χ1n) is 6.66. The van der Waals surface area contributed by atoms with E-state index < -0.39 is 0 Å². The Morgan fingerprint density at radius 2 is 1.83 bits per heavy atom. The van der Waals surface area contributed by atoms with Crippen LogP contribution in [0.15, 0.2) is 6.07 Å². The summed E-state index contributed by atoms with van der Waals surface area (Å²) < 4.78 is 5.52. The quantitative estimate of drug-likeness (QED) is 0.840. The molecule has 2 unspecified atom stereocenters. The molecule has 1 aromatic carbocycles. The first-order valence-corrected chi connectivity index (χ1v) is 6.66. The van der Waals surface area contributed by atoms with Crippen LogP contribution in [0.2, 0.25) is 0 Å². The van der Waals surface area contributed by atoms with E-state index in [4.69, 9.17) is 10.5 Å². The van der Waals surface area contributed by atoms with Gasteiger partial charge in [0.25, 0.3) is 0 Å². The minimum atomic E-state index is 0.00361. The molecule has 1 aliphatic rings. The van der Waals surface area contributed by atoms with Crippen LogP contribution < -0.4 is 11.1 Å². The van der Waals surface area contributed by atoms with E-state index >= 15 is 0 Å². The summed E-state index contributed by atoms with van der Waals surface area (Å²) >= 11 is 0. The molecule has 3 heteroatoms. The van der Waals surface area contributed by atoms with Gasteiger partial charge in [-0.05, 0) is 55.5 Å². The van der Waals surface area contributed by atoms with Crippen molar-refractivity contribution in [1.29, 1.82) is 0 Å². The molecule has 3 nitrogen and oxygen atoms in total. The first kappa shape index (κ1) is 13.5. The van der Waals surface area contributed by atoms with Crippen LogP contribution >= 0.6 is 0 Å².